The second-order valence-electron chi connectivity index (χ2n) is 4.13. The third-order valence-corrected chi connectivity index (χ3v) is 2.64. The van der Waals surface area contributed by atoms with Gasteiger partial charge in [-0.1, -0.05) is 12.1 Å². The zero-order valence-electron chi connectivity index (χ0n) is 11.3. The van der Waals surface area contributed by atoms with Crippen molar-refractivity contribution in [2.45, 2.75) is 13.5 Å². The first-order valence-electron chi connectivity index (χ1n) is 6.34. The standard InChI is InChI=1S/C15H17N3O2/c1-2-19-13-5-3-4-6-14(13)20-10-11-7-8-18-12(9-11)15(16)17/h3-9H,2,10H2,1H3,(H3,16,17). The minimum Gasteiger partial charge on any atom is -0.490 e. The average molecular weight is 271 g/mol. The summed E-state index contributed by atoms with van der Waals surface area (Å²) in [7, 11) is 0. The van der Waals surface area contributed by atoms with Crippen molar-refractivity contribution in [3.8, 4) is 11.5 Å². The molecule has 5 nitrogen and oxygen atoms in total. The molecule has 0 saturated heterocycles. The van der Waals surface area contributed by atoms with Gasteiger partial charge in [0.15, 0.2) is 11.5 Å². The third-order valence-electron chi connectivity index (χ3n) is 2.64. The van der Waals surface area contributed by atoms with Gasteiger partial charge in [-0.3, -0.25) is 10.4 Å². The van der Waals surface area contributed by atoms with Crippen LogP contribution >= 0.6 is 0 Å². The predicted octanol–water partition coefficient (Wildman–Crippen LogP) is 2.34. The average Bonchev–Trinajstić information content (AvgIpc) is 2.47. The summed E-state index contributed by atoms with van der Waals surface area (Å²) in [5.74, 6) is 1.35. The maximum atomic E-state index is 7.37. The predicted molar refractivity (Wildman–Crippen MR) is 77.2 cm³/mol. The van der Waals surface area contributed by atoms with Gasteiger partial charge in [0.1, 0.15) is 18.1 Å². The Balaban J connectivity index is 2.09. The second kappa shape index (κ2) is 6.56. The van der Waals surface area contributed by atoms with Gasteiger partial charge in [0.05, 0.1) is 6.61 Å². The number of nitrogens with one attached hydrogen (secondary N) is 1. The second-order valence-corrected chi connectivity index (χ2v) is 4.13. The van der Waals surface area contributed by atoms with E-state index in [0.717, 1.165) is 11.3 Å². The number of rotatable bonds is 6. The Morgan fingerprint density at radius 3 is 2.55 bits per heavy atom. The molecule has 0 unspecified atom stereocenters. The first-order valence-corrected chi connectivity index (χ1v) is 6.34. The van der Waals surface area contributed by atoms with Crippen LogP contribution in [-0.2, 0) is 6.61 Å². The smallest absolute Gasteiger partial charge is 0.161 e. The van der Waals surface area contributed by atoms with Crippen LogP contribution in [0.1, 0.15) is 18.2 Å². The molecule has 20 heavy (non-hydrogen) atoms. The lowest BCUT2D eigenvalue weighted by Crippen LogP contribution is -2.13. The maximum Gasteiger partial charge on any atom is 0.161 e. The van der Waals surface area contributed by atoms with Crippen molar-refractivity contribution >= 4 is 5.84 Å². The van der Waals surface area contributed by atoms with E-state index in [9.17, 15) is 0 Å². The topological polar surface area (TPSA) is 81.2 Å². The van der Waals surface area contributed by atoms with E-state index in [1.807, 2.05) is 37.3 Å². The maximum absolute atomic E-state index is 7.37. The number of nitrogen functional groups attached to an aromatic ring is 1. The van der Waals surface area contributed by atoms with Crippen LogP contribution in [-0.4, -0.2) is 17.4 Å². The van der Waals surface area contributed by atoms with E-state index < -0.39 is 0 Å². The summed E-state index contributed by atoms with van der Waals surface area (Å²) >= 11 is 0. The van der Waals surface area contributed by atoms with Gasteiger partial charge >= 0.3 is 0 Å². The molecule has 0 saturated carbocycles. The minimum absolute atomic E-state index is 0.0541. The Morgan fingerprint density at radius 1 is 1.20 bits per heavy atom. The number of ether oxygens (including phenoxy) is 2. The van der Waals surface area contributed by atoms with Crippen molar-refractivity contribution in [2.24, 2.45) is 5.73 Å². The highest BCUT2D eigenvalue weighted by atomic mass is 16.5. The van der Waals surface area contributed by atoms with Gasteiger partial charge in [-0.05, 0) is 36.8 Å². The zero-order valence-corrected chi connectivity index (χ0v) is 11.3. The number of nitrogens with two attached hydrogens (primary N) is 1. The highest BCUT2D eigenvalue weighted by Crippen LogP contribution is 2.27. The van der Waals surface area contributed by atoms with E-state index in [2.05, 4.69) is 4.98 Å². The van der Waals surface area contributed by atoms with Crippen LogP contribution in [0.5, 0.6) is 11.5 Å². The fourth-order valence-electron chi connectivity index (χ4n) is 1.72. The normalized spacial score (nSPS) is 10.1. The Morgan fingerprint density at radius 2 is 1.90 bits per heavy atom. The Hall–Kier alpha value is -2.56. The van der Waals surface area contributed by atoms with Crippen LogP contribution in [0.25, 0.3) is 0 Å². The Labute approximate surface area is 117 Å². The summed E-state index contributed by atoms with van der Waals surface area (Å²) in [4.78, 5) is 4.01. The summed E-state index contributed by atoms with van der Waals surface area (Å²) in [6.07, 6.45) is 1.61. The lowest BCUT2D eigenvalue weighted by atomic mass is 10.2. The van der Waals surface area contributed by atoms with Crippen LogP contribution < -0.4 is 15.2 Å². The number of hydrogen-bond acceptors (Lipinski definition) is 4. The fourth-order valence-corrected chi connectivity index (χ4v) is 1.72. The number of para-hydroxylation sites is 2. The van der Waals surface area contributed by atoms with Gasteiger partial charge in [-0.15, -0.1) is 0 Å². The largest absolute Gasteiger partial charge is 0.490 e. The van der Waals surface area contributed by atoms with Gasteiger partial charge in [0.2, 0.25) is 0 Å². The molecule has 0 spiro atoms. The van der Waals surface area contributed by atoms with Crippen LogP contribution in [0.15, 0.2) is 42.6 Å². The third kappa shape index (κ3) is 3.47. The molecule has 5 heteroatoms. The van der Waals surface area contributed by atoms with Gasteiger partial charge in [0, 0.05) is 6.20 Å². The molecule has 0 fully saturated rings. The van der Waals surface area contributed by atoms with Crippen molar-refractivity contribution in [2.75, 3.05) is 6.61 Å². The molecule has 104 valence electrons. The first-order chi connectivity index (χ1) is 9.70. The SMILES string of the molecule is CCOc1ccccc1OCc1ccnc(C(=N)N)c1. The molecule has 0 amide bonds. The number of hydrogen-bond donors (Lipinski definition) is 2. The van der Waals surface area contributed by atoms with E-state index in [-0.39, 0.29) is 5.84 Å². The van der Waals surface area contributed by atoms with Crippen molar-refractivity contribution < 1.29 is 9.47 Å². The molecule has 2 aromatic rings. The van der Waals surface area contributed by atoms with Gasteiger partial charge in [-0.2, -0.15) is 0 Å². The molecule has 2 rings (SSSR count). The Kier molecular flexibility index (Phi) is 4.55. The summed E-state index contributed by atoms with van der Waals surface area (Å²) in [6.45, 7) is 2.88. The summed E-state index contributed by atoms with van der Waals surface area (Å²) in [5.41, 5.74) is 6.76. The van der Waals surface area contributed by atoms with E-state index in [1.165, 1.54) is 0 Å². The van der Waals surface area contributed by atoms with Crippen molar-refractivity contribution in [1.82, 2.24) is 4.98 Å². The van der Waals surface area contributed by atoms with Crippen molar-refractivity contribution in [3.05, 3.63) is 53.9 Å². The summed E-state index contributed by atoms with van der Waals surface area (Å²) in [5, 5.41) is 7.37. The van der Waals surface area contributed by atoms with Gasteiger partial charge in [0.25, 0.3) is 0 Å². The molecule has 0 atom stereocenters. The number of benzene rings is 1. The minimum atomic E-state index is -0.0541. The van der Waals surface area contributed by atoms with Crippen LogP contribution in [0.4, 0.5) is 0 Å². The molecule has 0 aliphatic carbocycles. The molecule has 0 bridgehead atoms. The van der Waals surface area contributed by atoms with Crippen LogP contribution in [0, 0.1) is 5.41 Å². The summed E-state index contributed by atoms with van der Waals surface area (Å²) < 4.78 is 11.2. The molecular weight excluding hydrogens is 254 g/mol. The first kappa shape index (κ1) is 13.9. The lowest BCUT2D eigenvalue weighted by Gasteiger charge is -2.11. The number of aromatic nitrogens is 1. The van der Waals surface area contributed by atoms with E-state index in [4.69, 9.17) is 20.6 Å². The molecule has 0 aliphatic heterocycles. The highest BCUT2D eigenvalue weighted by molar-refractivity contribution is 5.93. The highest BCUT2D eigenvalue weighted by Gasteiger charge is 2.05. The Bertz CT molecular complexity index is 599. The molecule has 3 N–H and O–H groups in total. The number of pyridine rings is 1. The van der Waals surface area contributed by atoms with Crippen molar-refractivity contribution in [1.29, 1.82) is 5.41 Å². The lowest BCUT2D eigenvalue weighted by molar-refractivity contribution is 0.269. The van der Waals surface area contributed by atoms with Gasteiger partial charge < -0.3 is 15.2 Å². The monoisotopic (exact) mass is 271 g/mol. The molecule has 0 radical (unpaired) electrons. The molecule has 1 heterocycles. The van der Waals surface area contributed by atoms with E-state index in [1.54, 1.807) is 12.3 Å². The molecule has 1 aromatic carbocycles. The van der Waals surface area contributed by atoms with E-state index >= 15 is 0 Å². The molecule has 1 aromatic heterocycles. The summed E-state index contributed by atoms with van der Waals surface area (Å²) in [6, 6.07) is 11.1. The quantitative estimate of drug-likeness (QED) is 0.624. The van der Waals surface area contributed by atoms with Crippen LogP contribution in [0.3, 0.4) is 0 Å². The molecule has 0 aliphatic rings. The van der Waals surface area contributed by atoms with Crippen LogP contribution in [0.2, 0.25) is 0 Å². The number of nitrogens with zero attached hydrogens (tertiary/aromatic N) is 1. The fraction of sp³-hybridized carbons (Fsp3) is 0.200. The molecular formula is C15H17N3O2. The number of amidine groups is 1. The van der Waals surface area contributed by atoms with Gasteiger partial charge in [-0.25, -0.2) is 0 Å². The van der Waals surface area contributed by atoms with E-state index in [0.29, 0.717) is 24.7 Å². The van der Waals surface area contributed by atoms with Crippen molar-refractivity contribution in [3.63, 3.8) is 0 Å². The zero-order chi connectivity index (χ0) is 14.4.